The Hall–Kier alpha value is -0.590. The summed E-state index contributed by atoms with van der Waals surface area (Å²) in [5.41, 5.74) is 0. The van der Waals surface area contributed by atoms with Crippen LogP contribution in [-0.2, 0) is 6.54 Å². The van der Waals surface area contributed by atoms with Crippen molar-refractivity contribution >= 4 is 29.5 Å². The average Bonchev–Trinajstić information content (AvgIpc) is 2.79. The fourth-order valence-corrected chi connectivity index (χ4v) is 4.24. The fourth-order valence-electron chi connectivity index (χ4n) is 1.60. The molecular weight excluding hydrogens is 258 g/mol. The molecule has 0 spiro atoms. The van der Waals surface area contributed by atoms with Crippen molar-refractivity contribution in [2.45, 2.75) is 11.8 Å². The fraction of sp³-hybridized carbons (Fsp3) is 0.545. The van der Waals surface area contributed by atoms with Gasteiger partial charge in [0.05, 0.1) is 6.54 Å². The first-order valence-electron chi connectivity index (χ1n) is 5.48. The molecule has 2 rings (SSSR count). The lowest BCUT2D eigenvalue weighted by atomic mass is 10.4. The summed E-state index contributed by atoms with van der Waals surface area (Å²) in [5, 5.41) is 12.7. The quantitative estimate of drug-likeness (QED) is 0.854. The van der Waals surface area contributed by atoms with Gasteiger partial charge in [0.15, 0.2) is 0 Å². The number of carbonyl (C=O) groups is 1. The van der Waals surface area contributed by atoms with Crippen LogP contribution < -0.4 is 5.32 Å². The van der Waals surface area contributed by atoms with Gasteiger partial charge in [0, 0.05) is 29.1 Å². The molecule has 0 amide bonds. The van der Waals surface area contributed by atoms with Gasteiger partial charge in [-0.05, 0) is 12.1 Å². The van der Waals surface area contributed by atoms with Gasteiger partial charge < -0.3 is 14.8 Å². The van der Waals surface area contributed by atoms with Crippen molar-refractivity contribution in [2.24, 2.45) is 0 Å². The molecule has 0 radical (unpaired) electrons. The molecule has 1 aromatic rings. The normalized spacial score (nSPS) is 20.4. The van der Waals surface area contributed by atoms with Gasteiger partial charge in [-0.2, -0.15) is 23.5 Å². The van der Waals surface area contributed by atoms with Gasteiger partial charge in [-0.3, -0.25) is 0 Å². The zero-order valence-electron chi connectivity index (χ0n) is 9.35. The highest BCUT2D eigenvalue weighted by Crippen LogP contribution is 2.23. The predicted octanol–water partition coefficient (Wildman–Crippen LogP) is 1.92. The predicted molar refractivity (Wildman–Crippen MR) is 70.9 cm³/mol. The van der Waals surface area contributed by atoms with Crippen LogP contribution in [0.2, 0.25) is 0 Å². The van der Waals surface area contributed by atoms with Crippen molar-refractivity contribution < 1.29 is 14.3 Å². The second-order valence-electron chi connectivity index (χ2n) is 3.77. The topological polar surface area (TPSA) is 62.5 Å². The molecular formula is C11H15NO3S2. The van der Waals surface area contributed by atoms with Crippen LogP contribution in [0.5, 0.6) is 0 Å². The molecule has 6 heteroatoms. The van der Waals surface area contributed by atoms with E-state index in [2.05, 4.69) is 5.32 Å². The van der Waals surface area contributed by atoms with Crippen LogP contribution in [-0.4, -0.2) is 40.1 Å². The van der Waals surface area contributed by atoms with Crippen molar-refractivity contribution in [3.63, 3.8) is 0 Å². The molecule has 1 fully saturated rings. The molecule has 0 saturated carbocycles. The minimum Gasteiger partial charge on any atom is -0.475 e. The summed E-state index contributed by atoms with van der Waals surface area (Å²) in [4.78, 5) is 10.6. The van der Waals surface area contributed by atoms with Gasteiger partial charge in [0.2, 0.25) is 5.76 Å². The maximum Gasteiger partial charge on any atom is 0.371 e. The smallest absolute Gasteiger partial charge is 0.371 e. The molecule has 4 nitrogen and oxygen atoms in total. The molecule has 1 saturated heterocycles. The van der Waals surface area contributed by atoms with Crippen molar-refractivity contribution in [3.05, 3.63) is 23.7 Å². The summed E-state index contributed by atoms with van der Waals surface area (Å²) >= 11 is 4.00. The number of aromatic carboxylic acids is 1. The Labute approximate surface area is 109 Å². The third-order valence-electron chi connectivity index (χ3n) is 2.43. The maximum absolute atomic E-state index is 10.6. The van der Waals surface area contributed by atoms with Gasteiger partial charge in [-0.1, -0.05) is 0 Å². The first-order chi connectivity index (χ1) is 8.25. The summed E-state index contributed by atoms with van der Waals surface area (Å²) in [6, 6.07) is 3.20. The zero-order chi connectivity index (χ0) is 12.1. The van der Waals surface area contributed by atoms with Crippen molar-refractivity contribution in [1.82, 2.24) is 5.32 Å². The number of carboxylic acid groups (broad SMARTS) is 1. The monoisotopic (exact) mass is 273 g/mol. The molecule has 94 valence electrons. The van der Waals surface area contributed by atoms with Crippen LogP contribution in [0.25, 0.3) is 0 Å². The molecule has 0 aliphatic carbocycles. The lowest BCUT2D eigenvalue weighted by molar-refractivity contribution is 0.0660. The van der Waals surface area contributed by atoms with E-state index in [4.69, 9.17) is 9.52 Å². The Morgan fingerprint density at radius 3 is 3.06 bits per heavy atom. The van der Waals surface area contributed by atoms with Crippen LogP contribution in [0.15, 0.2) is 16.5 Å². The van der Waals surface area contributed by atoms with E-state index in [0.29, 0.717) is 17.6 Å². The zero-order valence-corrected chi connectivity index (χ0v) is 11.0. The summed E-state index contributed by atoms with van der Waals surface area (Å²) in [7, 11) is 0. The standard InChI is InChI=1S/C11H15NO3S2/c13-11(14)10-2-1-8(15-10)5-12-6-9-7-16-3-4-17-9/h1-2,9,12H,3-7H2,(H,13,14). The van der Waals surface area contributed by atoms with Gasteiger partial charge in [-0.15, -0.1) is 0 Å². The molecule has 1 aromatic heterocycles. The maximum atomic E-state index is 10.6. The minimum atomic E-state index is -1.02. The second kappa shape index (κ2) is 6.37. The highest BCUT2D eigenvalue weighted by atomic mass is 32.2. The summed E-state index contributed by atoms with van der Waals surface area (Å²) in [5.74, 6) is 3.33. The lowest BCUT2D eigenvalue weighted by Gasteiger charge is -2.20. The van der Waals surface area contributed by atoms with E-state index in [-0.39, 0.29) is 5.76 Å². The van der Waals surface area contributed by atoms with E-state index < -0.39 is 5.97 Å². The number of hydrogen-bond acceptors (Lipinski definition) is 5. The van der Waals surface area contributed by atoms with E-state index in [1.807, 2.05) is 23.5 Å². The van der Waals surface area contributed by atoms with Crippen LogP contribution >= 0.6 is 23.5 Å². The van der Waals surface area contributed by atoms with E-state index in [9.17, 15) is 4.79 Å². The number of hydrogen-bond donors (Lipinski definition) is 2. The first kappa shape index (κ1) is 12.9. The Morgan fingerprint density at radius 2 is 2.41 bits per heavy atom. The van der Waals surface area contributed by atoms with E-state index in [0.717, 1.165) is 6.54 Å². The minimum absolute atomic E-state index is 0.00407. The number of rotatable bonds is 5. The molecule has 1 unspecified atom stereocenters. The molecule has 0 bridgehead atoms. The van der Waals surface area contributed by atoms with Crippen molar-refractivity contribution in [1.29, 1.82) is 0 Å². The molecule has 2 N–H and O–H groups in total. The van der Waals surface area contributed by atoms with Gasteiger partial charge in [-0.25, -0.2) is 4.79 Å². The summed E-state index contributed by atoms with van der Waals surface area (Å²) in [6.45, 7) is 1.54. The Kier molecular flexibility index (Phi) is 4.82. The van der Waals surface area contributed by atoms with Gasteiger partial charge in [0.25, 0.3) is 0 Å². The van der Waals surface area contributed by atoms with Crippen molar-refractivity contribution in [3.8, 4) is 0 Å². The first-order valence-corrected chi connectivity index (χ1v) is 7.68. The van der Waals surface area contributed by atoms with E-state index in [1.165, 1.54) is 23.3 Å². The van der Waals surface area contributed by atoms with Gasteiger partial charge in [0.1, 0.15) is 5.76 Å². The van der Waals surface area contributed by atoms with Crippen LogP contribution in [0.4, 0.5) is 0 Å². The third-order valence-corrected chi connectivity index (χ3v) is 5.27. The molecule has 1 aliphatic rings. The molecule has 0 aromatic carbocycles. The third kappa shape index (κ3) is 3.97. The lowest BCUT2D eigenvalue weighted by Crippen LogP contribution is -2.28. The number of furan rings is 1. The molecule has 1 aliphatic heterocycles. The number of carboxylic acids is 1. The largest absolute Gasteiger partial charge is 0.475 e. The Morgan fingerprint density at radius 1 is 1.53 bits per heavy atom. The van der Waals surface area contributed by atoms with E-state index >= 15 is 0 Å². The highest BCUT2D eigenvalue weighted by molar-refractivity contribution is 8.06. The van der Waals surface area contributed by atoms with Crippen LogP contribution in [0, 0.1) is 0 Å². The van der Waals surface area contributed by atoms with E-state index in [1.54, 1.807) is 6.07 Å². The van der Waals surface area contributed by atoms with Crippen molar-refractivity contribution in [2.75, 3.05) is 23.8 Å². The molecule has 1 atom stereocenters. The SMILES string of the molecule is O=C(O)c1ccc(CNCC2CSCCS2)o1. The Bertz CT molecular complexity index is 375. The highest BCUT2D eigenvalue weighted by Gasteiger charge is 2.14. The average molecular weight is 273 g/mol. The van der Waals surface area contributed by atoms with Crippen LogP contribution in [0.1, 0.15) is 16.3 Å². The number of thioether (sulfide) groups is 2. The Balaban J connectivity index is 1.71. The molecule has 17 heavy (non-hydrogen) atoms. The van der Waals surface area contributed by atoms with Crippen LogP contribution in [0.3, 0.4) is 0 Å². The second-order valence-corrected chi connectivity index (χ2v) is 6.33. The van der Waals surface area contributed by atoms with Gasteiger partial charge >= 0.3 is 5.97 Å². The summed E-state index contributed by atoms with van der Waals surface area (Å²) < 4.78 is 5.16. The number of nitrogens with one attached hydrogen (secondary N) is 1. The molecule has 2 heterocycles. The summed E-state index contributed by atoms with van der Waals surface area (Å²) in [6.07, 6.45) is 0.